The van der Waals surface area contributed by atoms with E-state index in [0.717, 1.165) is 11.1 Å². The molecule has 0 radical (unpaired) electrons. The number of hydrogen-bond acceptors (Lipinski definition) is 5. The number of ether oxygens (including phenoxy) is 1. The Morgan fingerprint density at radius 1 is 1.10 bits per heavy atom. The summed E-state index contributed by atoms with van der Waals surface area (Å²) in [6, 6.07) is 15.5. The van der Waals surface area contributed by atoms with Crippen molar-refractivity contribution in [1.82, 2.24) is 15.6 Å². The number of nitrogens with one attached hydrogen (secondary N) is 3. The van der Waals surface area contributed by atoms with Crippen molar-refractivity contribution in [3.05, 3.63) is 83.2 Å². The Labute approximate surface area is 180 Å². The van der Waals surface area contributed by atoms with Crippen LogP contribution in [0, 0.1) is 6.92 Å². The number of amides is 3. The van der Waals surface area contributed by atoms with E-state index in [-0.39, 0.29) is 24.2 Å². The monoisotopic (exact) mass is 420 g/mol. The molecule has 0 bridgehead atoms. The van der Waals surface area contributed by atoms with Gasteiger partial charge in [0.25, 0.3) is 5.91 Å². The Morgan fingerprint density at radius 3 is 2.65 bits per heavy atom. The summed E-state index contributed by atoms with van der Waals surface area (Å²) < 4.78 is 5.89. The van der Waals surface area contributed by atoms with E-state index < -0.39 is 0 Å². The molecule has 0 fully saturated rings. The first kappa shape index (κ1) is 21.8. The van der Waals surface area contributed by atoms with E-state index in [9.17, 15) is 14.7 Å². The number of pyridine rings is 1. The van der Waals surface area contributed by atoms with E-state index in [4.69, 9.17) is 4.74 Å². The van der Waals surface area contributed by atoms with Gasteiger partial charge in [-0.2, -0.15) is 0 Å². The number of benzene rings is 2. The summed E-state index contributed by atoms with van der Waals surface area (Å²) in [5, 5.41) is 17.4. The highest BCUT2D eigenvalue weighted by atomic mass is 16.5. The van der Waals surface area contributed by atoms with Gasteiger partial charge in [-0.15, -0.1) is 0 Å². The van der Waals surface area contributed by atoms with Gasteiger partial charge in [-0.1, -0.05) is 30.3 Å². The van der Waals surface area contributed by atoms with Crippen molar-refractivity contribution in [1.29, 1.82) is 0 Å². The van der Waals surface area contributed by atoms with Gasteiger partial charge >= 0.3 is 6.03 Å². The zero-order chi connectivity index (χ0) is 22.2. The highest BCUT2D eigenvalue weighted by Gasteiger charge is 2.09. The quantitative estimate of drug-likeness (QED) is 0.468. The summed E-state index contributed by atoms with van der Waals surface area (Å²) in [4.78, 5) is 27.9. The van der Waals surface area contributed by atoms with E-state index in [1.165, 1.54) is 6.20 Å². The molecule has 1 heterocycles. The van der Waals surface area contributed by atoms with Gasteiger partial charge in [-0.25, -0.2) is 4.79 Å². The predicted molar refractivity (Wildman–Crippen MR) is 117 cm³/mol. The Hall–Kier alpha value is -3.91. The number of rotatable bonds is 7. The minimum absolute atomic E-state index is 0.154. The van der Waals surface area contributed by atoms with Gasteiger partial charge in [-0.3, -0.25) is 9.78 Å². The molecule has 0 aliphatic carbocycles. The number of nitrogens with zero attached hydrogens (tertiary/aromatic N) is 1. The summed E-state index contributed by atoms with van der Waals surface area (Å²) in [6.07, 6.45) is 1.51. The lowest BCUT2D eigenvalue weighted by atomic mass is 10.1. The Balaban J connectivity index is 1.60. The van der Waals surface area contributed by atoms with E-state index >= 15 is 0 Å². The van der Waals surface area contributed by atoms with E-state index in [0.29, 0.717) is 29.3 Å². The van der Waals surface area contributed by atoms with Crippen molar-refractivity contribution in [2.45, 2.75) is 20.1 Å². The average molecular weight is 420 g/mol. The van der Waals surface area contributed by atoms with Crippen LogP contribution in [0.3, 0.4) is 0 Å². The van der Waals surface area contributed by atoms with Crippen LogP contribution in [-0.4, -0.2) is 29.1 Å². The topological polar surface area (TPSA) is 113 Å². The van der Waals surface area contributed by atoms with Crippen LogP contribution >= 0.6 is 0 Å². The van der Waals surface area contributed by atoms with Gasteiger partial charge < -0.3 is 25.8 Å². The Morgan fingerprint density at radius 2 is 1.90 bits per heavy atom. The van der Waals surface area contributed by atoms with Crippen LogP contribution in [0.4, 0.5) is 10.5 Å². The lowest BCUT2D eigenvalue weighted by Gasteiger charge is -2.13. The minimum atomic E-state index is -0.364. The Kier molecular flexibility index (Phi) is 7.18. The van der Waals surface area contributed by atoms with Crippen molar-refractivity contribution >= 4 is 17.6 Å². The van der Waals surface area contributed by atoms with Crippen LogP contribution in [0.2, 0.25) is 0 Å². The molecular weight excluding hydrogens is 396 g/mol. The fourth-order valence-corrected chi connectivity index (χ4v) is 2.92. The number of para-hydroxylation sites is 1. The van der Waals surface area contributed by atoms with Gasteiger partial charge in [-0.05, 0) is 36.2 Å². The molecule has 0 atom stereocenters. The molecule has 8 nitrogen and oxygen atoms in total. The van der Waals surface area contributed by atoms with Crippen LogP contribution in [-0.2, 0) is 13.2 Å². The Bertz CT molecular complexity index is 1080. The molecule has 3 aromatic rings. The number of carbonyl (C=O) groups is 2. The van der Waals surface area contributed by atoms with Crippen LogP contribution in [0.5, 0.6) is 11.5 Å². The number of hydrogen-bond donors (Lipinski definition) is 4. The summed E-state index contributed by atoms with van der Waals surface area (Å²) >= 11 is 0. The number of carbonyl (C=O) groups excluding carboxylic acids is 2. The van der Waals surface area contributed by atoms with Crippen LogP contribution in [0.1, 0.15) is 27.2 Å². The van der Waals surface area contributed by atoms with Gasteiger partial charge in [0.15, 0.2) is 0 Å². The number of aromatic nitrogens is 1. The van der Waals surface area contributed by atoms with Gasteiger partial charge in [0.2, 0.25) is 0 Å². The van der Waals surface area contributed by atoms with Crippen molar-refractivity contribution in [2.24, 2.45) is 0 Å². The first-order valence-corrected chi connectivity index (χ1v) is 9.69. The second kappa shape index (κ2) is 10.2. The van der Waals surface area contributed by atoms with Gasteiger partial charge in [0.05, 0.1) is 6.61 Å². The molecule has 0 saturated carbocycles. The third kappa shape index (κ3) is 5.80. The summed E-state index contributed by atoms with van der Waals surface area (Å²) in [5.41, 5.74) is 3.26. The highest BCUT2D eigenvalue weighted by Crippen LogP contribution is 2.26. The average Bonchev–Trinajstić information content (AvgIpc) is 2.79. The fraction of sp³-hybridized carbons (Fsp3) is 0.174. The molecule has 1 aromatic heterocycles. The highest BCUT2D eigenvalue weighted by molar-refractivity contribution is 5.92. The molecular formula is C23H24N4O4. The number of urea groups is 1. The molecule has 3 amide bonds. The minimum Gasteiger partial charge on any atom is -0.457 e. The second-order valence-electron chi connectivity index (χ2n) is 6.78. The number of anilines is 1. The lowest BCUT2D eigenvalue weighted by molar-refractivity contribution is 0.0958. The molecule has 0 unspecified atom stereocenters. The first-order chi connectivity index (χ1) is 15.0. The SMILES string of the molecule is CNC(=O)c1cc(Oc2ccc(CNC(=O)Nc3ccccc3CO)cc2C)ccn1. The molecule has 2 aromatic carbocycles. The molecule has 3 rings (SSSR count). The lowest BCUT2D eigenvalue weighted by Crippen LogP contribution is -2.28. The zero-order valence-electron chi connectivity index (χ0n) is 17.3. The first-order valence-electron chi connectivity index (χ1n) is 9.69. The molecule has 0 aliphatic rings. The third-order valence-corrected chi connectivity index (χ3v) is 4.55. The van der Waals surface area contributed by atoms with E-state index in [1.807, 2.05) is 25.1 Å². The number of aliphatic hydroxyl groups excluding tert-OH is 1. The number of aliphatic hydroxyl groups is 1. The van der Waals surface area contributed by atoms with E-state index in [1.54, 1.807) is 43.4 Å². The summed E-state index contributed by atoms with van der Waals surface area (Å²) in [7, 11) is 1.54. The largest absolute Gasteiger partial charge is 0.457 e. The van der Waals surface area contributed by atoms with Crippen LogP contribution < -0.4 is 20.7 Å². The molecule has 0 saturated heterocycles. The maximum absolute atomic E-state index is 12.2. The molecule has 4 N–H and O–H groups in total. The maximum atomic E-state index is 12.2. The normalized spacial score (nSPS) is 10.3. The van der Waals surface area contributed by atoms with Gasteiger partial charge in [0.1, 0.15) is 17.2 Å². The third-order valence-electron chi connectivity index (χ3n) is 4.55. The van der Waals surface area contributed by atoms with Crippen molar-refractivity contribution < 1.29 is 19.4 Å². The molecule has 31 heavy (non-hydrogen) atoms. The standard InChI is InChI=1S/C23H24N4O4/c1-15-11-16(13-26-23(30)27-19-6-4-3-5-17(19)14-28)7-8-21(15)31-18-9-10-25-20(12-18)22(29)24-2/h3-12,28H,13-14H2,1-2H3,(H,24,29)(H2,26,27,30). The van der Waals surface area contributed by atoms with Crippen molar-refractivity contribution in [3.8, 4) is 11.5 Å². The van der Waals surface area contributed by atoms with Gasteiger partial charge in [0, 0.05) is 37.1 Å². The zero-order valence-corrected chi connectivity index (χ0v) is 17.3. The molecule has 8 heteroatoms. The van der Waals surface area contributed by atoms with Crippen molar-refractivity contribution in [3.63, 3.8) is 0 Å². The van der Waals surface area contributed by atoms with E-state index in [2.05, 4.69) is 20.9 Å². The second-order valence-corrected chi connectivity index (χ2v) is 6.78. The predicted octanol–water partition coefficient (Wildman–Crippen LogP) is 3.36. The maximum Gasteiger partial charge on any atom is 0.319 e. The molecule has 160 valence electrons. The summed E-state index contributed by atoms with van der Waals surface area (Å²) in [6.45, 7) is 2.07. The fourth-order valence-electron chi connectivity index (χ4n) is 2.92. The van der Waals surface area contributed by atoms with Crippen molar-refractivity contribution in [2.75, 3.05) is 12.4 Å². The van der Waals surface area contributed by atoms with Crippen LogP contribution in [0.15, 0.2) is 60.8 Å². The summed E-state index contributed by atoms with van der Waals surface area (Å²) in [5.74, 6) is 0.854. The molecule has 0 spiro atoms. The smallest absolute Gasteiger partial charge is 0.319 e. The van der Waals surface area contributed by atoms with Crippen LogP contribution in [0.25, 0.3) is 0 Å². The molecule has 0 aliphatic heterocycles. The number of aryl methyl sites for hydroxylation is 1.